The summed E-state index contributed by atoms with van der Waals surface area (Å²) in [4.78, 5) is 6.01. The first kappa shape index (κ1) is 22.1. The third-order valence-corrected chi connectivity index (χ3v) is 7.52. The molecule has 2 aromatic carbocycles. The summed E-state index contributed by atoms with van der Waals surface area (Å²) < 4.78 is 6.12. The number of ether oxygens (including phenoxy) is 1. The maximum Gasteiger partial charge on any atom is 0.269 e. The molecule has 0 aromatic heterocycles. The molecule has 4 nitrogen and oxygen atoms in total. The zero-order chi connectivity index (χ0) is 24.1. The third kappa shape index (κ3) is 3.61. The van der Waals surface area contributed by atoms with Crippen molar-refractivity contribution in [2.45, 2.75) is 51.4 Å². The second-order valence-corrected chi connectivity index (χ2v) is 10.7. The molecular weight excluding hydrogens is 418 g/mol. The molecular formula is C30H29N3O. The highest BCUT2D eigenvalue weighted by atomic mass is 16.5. The Kier molecular flexibility index (Phi) is 5.14. The summed E-state index contributed by atoms with van der Waals surface area (Å²) in [5.41, 5.74) is 7.15. The van der Waals surface area contributed by atoms with E-state index in [9.17, 15) is 5.26 Å². The Hall–Kier alpha value is -3.76. The molecule has 0 aliphatic carbocycles. The highest BCUT2D eigenvalue weighted by molar-refractivity contribution is 5.86. The van der Waals surface area contributed by atoms with Crippen molar-refractivity contribution in [3.05, 3.63) is 93.7 Å². The first-order valence-electron chi connectivity index (χ1n) is 11.9. The van der Waals surface area contributed by atoms with Gasteiger partial charge in [0.2, 0.25) is 0 Å². The summed E-state index contributed by atoms with van der Waals surface area (Å²) in [5.74, 6) is 1.28. The van der Waals surface area contributed by atoms with E-state index in [-0.39, 0.29) is 16.5 Å². The van der Waals surface area contributed by atoms with Crippen molar-refractivity contribution in [2.75, 3.05) is 18.0 Å². The van der Waals surface area contributed by atoms with Gasteiger partial charge >= 0.3 is 0 Å². The van der Waals surface area contributed by atoms with Crippen molar-refractivity contribution < 1.29 is 4.74 Å². The van der Waals surface area contributed by atoms with Crippen molar-refractivity contribution in [1.82, 2.24) is 0 Å². The van der Waals surface area contributed by atoms with E-state index < -0.39 is 0 Å². The van der Waals surface area contributed by atoms with E-state index in [2.05, 4.69) is 55.6 Å². The van der Waals surface area contributed by atoms with Crippen molar-refractivity contribution in [2.24, 2.45) is 0 Å². The third-order valence-electron chi connectivity index (χ3n) is 7.52. The molecule has 0 saturated heterocycles. The van der Waals surface area contributed by atoms with Gasteiger partial charge in [0.15, 0.2) is 0 Å². The molecule has 0 saturated carbocycles. The van der Waals surface area contributed by atoms with Crippen LogP contribution in [0.3, 0.4) is 0 Å². The van der Waals surface area contributed by atoms with E-state index in [1.54, 1.807) is 6.08 Å². The van der Waals surface area contributed by atoms with Gasteiger partial charge in [0.25, 0.3) is 5.70 Å². The normalized spacial score (nSPS) is 20.9. The van der Waals surface area contributed by atoms with Crippen LogP contribution >= 0.6 is 0 Å². The monoisotopic (exact) mass is 447 g/mol. The molecule has 3 aliphatic rings. The van der Waals surface area contributed by atoms with Gasteiger partial charge in [-0.3, -0.25) is 0 Å². The highest BCUT2D eigenvalue weighted by Gasteiger charge is 2.39. The second kappa shape index (κ2) is 7.93. The average Bonchev–Trinajstić information content (AvgIpc) is 2.82. The minimum Gasteiger partial charge on any atom is -0.457 e. The van der Waals surface area contributed by atoms with Gasteiger partial charge in [-0.25, -0.2) is 10.1 Å². The number of hydrogen-bond donors (Lipinski definition) is 0. The fraction of sp³-hybridized carbons (Fsp3) is 0.333. The van der Waals surface area contributed by atoms with Gasteiger partial charge < -0.3 is 9.64 Å². The quantitative estimate of drug-likeness (QED) is 0.368. The molecule has 0 unspecified atom stereocenters. The van der Waals surface area contributed by atoms with Crippen LogP contribution < -0.4 is 9.64 Å². The summed E-state index contributed by atoms with van der Waals surface area (Å²) >= 11 is 0. The van der Waals surface area contributed by atoms with E-state index in [4.69, 9.17) is 11.3 Å². The lowest BCUT2D eigenvalue weighted by Crippen LogP contribution is -2.44. The zero-order valence-electron chi connectivity index (χ0n) is 20.3. The summed E-state index contributed by atoms with van der Waals surface area (Å²) in [7, 11) is 0. The first-order chi connectivity index (χ1) is 16.2. The van der Waals surface area contributed by atoms with Crippen LogP contribution in [0.2, 0.25) is 0 Å². The van der Waals surface area contributed by atoms with Gasteiger partial charge in [0, 0.05) is 29.9 Å². The summed E-state index contributed by atoms with van der Waals surface area (Å²) in [6.45, 7) is 19.1. The fourth-order valence-electron chi connectivity index (χ4n) is 5.32. The number of nitrogens with zero attached hydrogens (tertiary/aromatic N) is 3. The van der Waals surface area contributed by atoms with Crippen molar-refractivity contribution in [1.29, 1.82) is 5.26 Å². The van der Waals surface area contributed by atoms with Crippen LogP contribution in [0, 0.1) is 17.9 Å². The van der Waals surface area contributed by atoms with Crippen LogP contribution in [0.4, 0.5) is 5.69 Å². The van der Waals surface area contributed by atoms with E-state index in [0.29, 0.717) is 17.1 Å². The lowest BCUT2D eigenvalue weighted by molar-refractivity contribution is 0.401. The molecule has 2 aromatic rings. The predicted molar refractivity (Wildman–Crippen MR) is 137 cm³/mol. The van der Waals surface area contributed by atoms with Crippen LogP contribution in [0.15, 0.2) is 60.0 Å². The van der Waals surface area contributed by atoms with Crippen LogP contribution in [-0.2, 0) is 10.8 Å². The Morgan fingerprint density at radius 1 is 1.06 bits per heavy atom. The van der Waals surface area contributed by atoms with Gasteiger partial charge in [-0.15, -0.1) is 0 Å². The molecule has 0 fully saturated rings. The highest BCUT2D eigenvalue weighted by Crippen LogP contribution is 2.49. The molecule has 3 aliphatic heterocycles. The molecule has 170 valence electrons. The molecule has 0 spiro atoms. The van der Waals surface area contributed by atoms with E-state index in [1.807, 2.05) is 36.4 Å². The summed E-state index contributed by atoms with van der Waals surface area (Å²) in [6, 6.07) is 14.2. The molecule has 5 rings (SSSR count). The molecule has 0 radical (unpaired) electrons. The number of rotatable bonds is 2. The molecule has 0 bridgehead atoms. The van der Waals surface area contributed by atoms with Crippen molar-refractivity contribution in [3.8, 4) is 11.8 Å². The van der Waals surface area contributed by atoms with Gasteiger partial charge in [-0.2, -0.15) is 0 Å². The Morgan fingerprint density at radius 2 is 1.71 bits per heavy atom. The van der Waals surface area contributed by atoms with E-state index in [1.165, 1.54) is 16.8 Å². The van der Waals surface area contributed by atoms with Gasteiger partial charge in [-0.1, -0.05) is 52.0 Å². The van der Waals surface area contributed by atoms with Crippen molar-refractivity contribution in [3.63, 3.8) is 0 Å². The number of benzene rings is 2. The fourth-order valence-corrected chi connectivity index (χ4v) is 5.32. The smallest absolute Gasteiger partial charge is 0.269 e. The molecule has 0 amide bonds. The van der Waals surface area contributed by atoms with Crippen LogP contribution in [0.5, 0.6) is 5.75 Å². The lowest BCUT2D eigenvalue weighted by atomic mass is 9.69. The molecule has 34 heavy (non-hydrogen) atoms. The SMILES string of the molecule is [C-]#[N+]/C(C#N)=C1C=C(/C=C/c2cc3c4c(c2)C(C)(C)CCN4CCC3(C)C)Oc2ccccc2\1. The molecule has 3 heterocycles. The molecule has 0 atom stereocenters. The molecule has 4 heteroatoms. The largest absolute Gasteiger partial charge is 0.457 e. The summed E-state index contributed by atoms with van der Waals surface area (Å²) in [6.07, 6.45) is 8.15. The minimum atomic E-state index is 0.0726. The topological polar surface area (TPSA) is 40.6 Å². The first-order valence-corrected chi connectivity index (χ1v) is 11.9. The Morgan fingerprint density at radius 3 is 2.32 bits per heavy atom. The number of anilines is 1. The number of para-hydroxylation sites is 1. The van der Waals surface area contributed by atoms with Crippen LogP contribution in [0.1, 0.15) is 62.8 Å². The molecule has 0 N–H and O–H groups in total. The Bertz CT molecular complexity index is 1300. The van der Waals surface area contributed by atoms with Gasteiger partial charge in [-0.05, 0) is 70.7 Å². The summed E-state index contributed by atoms with van der Waals surface area (Å²) in [5, 5.41) is 9.48. The Labute approximate surface area is 202 Å². The maximum atomic E-state index is 9.48. The Balaban J connectivity index is 1.59. The van der Waals surface area contributed by atoms with E-state index >= 15 is 0 Å². The number of hydrogen-bond acceptors (Lipinski definition) is 3. The van der Waals surface area contributed by atoms with E-state index in [0.717, 1.165) is 37.1 Å². The average molecular weight is 448 g/mol. The van der Waals surface area contributed by atoms with Crippen LogP contribution in [0.25, 0.3) is 16.5 Å². The van der Waals surface area contributed by atoms with Crippen molar-refractivity contribution >= 4 is 17.3 Å². The number of allylic oxidation sites excluding steroid dienone is 4. The second-order valence-electron chi connectivity index (χ2n) is 10.7. The van der Waals surface area contributed by atoms with Gasteiger partial charge in [0.1, 0.15) is 11.5 Å². The number of nitriles is 1. The standard InChI is InChI=1S/C30H29N3O/c1-29(2)12-14-33-15-13-30(3,4)25-17-20(16-24(29)28(25)33)10-11-21-18-23(26(19-31)32-5)22-8-6-7-9-27(22)34-21/h6-11,16-18H,12-15H2,1-4H3/b11-10+,26-23+. The maximum absolute atomic E-state index is 9.48. The predicted octanol–water partition coefficient (Wildman–Crippen LogP) is 7.00. The van der Waals surface area contributed by atoms with Gasteiger partial charge in [0.05, 0.1) is 12.6 Å². The minimum absolute atomic E-state index is 0.0726. The zero-order valence-corrected chi connectivity index (χ0v) is 20.3. The number of fused-ring (bicyclic) bond motifs is 1. The van der Waals surface area contributed by atoms with Crippen LogP contribution in [-0.4, -0.2) is 13.1 Å². The lowest BCUT2D eigenvalue weighted by Gasteiger charge is -2.48.